The molecule has 0 bridgehead atoms. The molecule has 4 nitrogen and oxygen atoms in total. The van der Waals surface area contributed by atoms with Crippen LogP contribution in [0.3, 0.4) is 0 Å². The van der Waals surface area contributed by atoms with Crippen molar-refractivity contribution in [3.05, 3.63) is 35.9 Å². The summed E-state index contributed by atoms with van der Waals surface area (Å²) in [5.74, 6) is -0.0823. The molecule has 2 unspecified atom stereocenters. The van der Waals surface area contributed by atoms with E-state index in [2.05, 4.69) is 24.4 Å². The van der Waals surface area contributed by atoms with Crippen LogP contribution < -0.4 is 16.8 Å². The Bertz CT molecular complexity index is 326. The van der Waals surface area contributed by atoms with Gasteiger partial charge in [0.25, 0.3) is 0 Å². The predicted molar refractivity (Wildman–Crippen MR) is 64.9 cm³/mol. The zero-order valence-electron chi connectivity index (χ0n) is 9.52. The first-order valence-electron chi connectivity index (χ1n) is 5.42. The van der Waals surface area contributed by atoms with Crippen molar-refractivity contribution < 1.29 is 4.79 Å². The Hall–Kier alpha value is -1.39. The Labute approximate surface area is 96.0 Å². The van der Waals surface area contributed by atoms with Crippen LogP contribution in [0.2, 0.25) is 0 Å². The number of nitrogens with one attached hydrogen (secondary N) is 1. The Balaban J connectivity index is 2.31. The fourth-order valence-corrected chi connectivity index (χ4v) is 1.46. The topological polar surface area (TPSA) is 81.1 Å². The van der Waals surface area contributed by atoms with Crippen LogP contribution in [0.1, 0.15) is 18.4 Å². The summed E-state index contributed by atoms with van der Waals surface area (Å²) >= 11 is 0. The van der Waals surface area contributed by atoms with Gasteiger partial charge in [0.1, 0.15) is 0 Å². The minimum absolute atomic E-state index is 0.390. The van der Waals surface area contributed by atoms with E-state index in [1.807, 2.05) is 18.2 Å². The van der Waals surface area contributed by atoms with Crippen LogP contribution >= 0.6 is 0 Å². The van der Waals surface area contributed by atoms with Gasteiger partial charge in [-0.2, -0.15) is 0 Å². The Morgan fingerprint density at radius 3 is 2.50 bits per heavy atom. The number of carbonyl (C=O) groups excluding carboxylic acids is 1. The molecule has 88 valence electrons. The lowest BCUT2D eigenvalue weighted by molar-refractivity contribution is -0.119. The molecule has 4 heteroatoms. The number of hydrogen-bond donors (Lipinski definition) is 3. The smallest absolute Gasteiger partial charge is 0.235 e. The van der Waals surface area contributed by atoms with Crippen molar-refractivity contribution in [1.29, 1.82) is 0 Å². The van der Waals surface area contributed by atoms with Gasteiger partial charge in [-0.05, 0) is 11.5 Å². The highest BCUT2D eigenvalue weighted by Gasteiger charge is 2.09. The molecule has 0 spiro atoms. The van der Waals surface area contributed by atoms with Gasteiger partial charge in [0.15, 0.2) is 0 Å². The lowest BCUT2D eigenvalue weighted by atomic mass is 10.0. The number of amides is 1. The van der Waals surface area contributed by atoms with Gasteiger partial charge in [0, 0.05) is 13.1 Å². The highest BCUT2D eigenvalue weighted by atomic mass is 16.1. The van der Waals surface area contributed by atoms with Gasteiger partial charge in [-0.15, -0.1) is 0 Å². The maximum atomic E-state index is 10.7. The molecular weight excluding hydrogens is 202 g/mol. The Kier molecular flexibility index (Phi) is 4.95. The second kappa shape index (κ2) is 6.25. The van der Waals surface area contributed by atoms with E-state index in [9.17, 15) is 4.79 Å². The highest BCUT2D eigenvalue weighted by molar-refractivity contribution is 5.79. The van der Waals surface area contributed by atoms with Crippen LogP contribution in [0.5, 0.6) is 0 Å². The highest BCUT2D eigenvalue weighted by Crippen LogP contribution is 2.12. The molecule has 0 aliphatic carbocycles. The van der Waals surface area contributed by atoms with Crippen LogP contribution in [0.15, 0.2) is 30.3 Å². The summed E-state index contributed by atoms with van der Waals surface area (Å²) in [7, 11) is 0. The number of nitrogens with two attached hydrogens (primary N) is 2. The molecule has 0 fully saturated rings. The standard InChI is InChI=1S/C12H19N3O/c1-9(10-5-3-2-4-6-10)7-15-8-11(13)12(14)16/h2-6,9,11,15H,7-8,13H2,1H3,(H2,14,16). The summed E-state index contributed by atoms with van der Waals surface area (Å²) < 4.78 is 0. The predicted octanol–water partition coefficient (Wildman–Crippen LogP) is 0.192. The minimum atomic E-state index is -0.608. The van der Waals surface area contributed by atoms with E-state index in [1.54, 1.807) is 0 Å². The molecule has 2 atom stereocenters. The third-order valence-electron chi connectivity index (χ3n) is 2.55. The van der Waals surface area contributed by atoms with Gasteiger partial charge in [-0.1, -0.05) is 37.3 Å². The van der Waals surface area contributed by atoms with E-state index in [1.165, 1.54) is 5.56 Å². The first-order chi connectivity index (χ1) is 7.61. The maximum Gasteiger partial charge on any atom is 0.235 e. The molecule has 0 radical (unpaired) electrons. The lowest BCUT2D eigenvalue weighted by Gasteiger charge is -2.14. The molecule has 1 rings (SSSR count). The van der Waals surface area contributed by atoms with Crippen molar-refractivity contribution in [2.24, 2.45) is 11.5 Å². The molecule has 5 N–H and O–H groups in total. The van der Waals surface area contributed by atoms with Crippen molar-refractivity contribution >= 4 is 5.91 Å². The van der Waals surface area contributed by atoms with Gasteiger partial charge in [0.2, 0.25) is 5.91 Å². The summed E-state index contributed by atoms with van der Waals surface area (Å²) in [4.78, 5) is 10.7. The van der Waals surface area contributed by atoms with E-state index in [0.717, 1.165) is 6.54 Å². The van der Waals surface area contributed by atoms with Gasteiger partial charge < -0.3 is 16.8 Å². The molecular formula is C12H19N3O. The number of benzene rings is 1. The Morgan fingerprint density at radius 1 is 1.31 bits per heavy atom. The average Bonchev–Trinajstić information content (AvgIpc) is 2.29. The molecule has 0 saturated heterocycles. The lowest BCUT2D eigenvalue weighted by Crippen LogP contribution is -2.44. The average molecular weight is 221 g/mol. The van der Waals surface area contributed by atoms with Gasteiger partial charge in [0.05, 0.1) is 6.04 Å². The van der Waals surface area contributed by atoms with E-state index >= 15 is 0 Å². The molecule has 0 aliphatic rings. The molecule has 0 aliphatic heterocycles. The molecule has 0 heterocycles. The SMILES string of the molecule is CC(CNCC(N)C(N)=O)c1ccccc1. The largest absolute Gasteiger partial charge is 0.368 e. The second-order valence-electron chi connectivity index (χ2n) is 3.98. The first kappa shape index (κ1) is 12.7. The molecule has 1 aromatic carbocycles. The van der Waals surface area contributed by atoms with Gasteiger partial charge >= 0.3 is 0 Å². The third kappa shape index (κ3) is 4.00. The summed E-state index contributed by atoms with van der Waals surface area (Å²) in [5, 5.41) is 3.14. The van der Waals surface area contributed by atoms with Gasteiger partial charge in [-0.25, -0.2) is 0 Å². The first-order valence-corrected chi connectivity index (χ1v) is 5.42. The zero-order chi connectivity index (χ0) is 12.0. The number of rotatable bonds is 6. The summed E-state index contributed by atoms with van der Waals surface area (Å²) in [6.07, 6.45) is 0. The van der Waals surface area contributed by atoms with Gasteiger partial charge in [-0.3, -0.25) is 4.79 Å². The number of hydrogen-bond acceptors (Lipinski definition) is 3. The van der Waals surface area contributed by atoms with Crippen molar-refractivity contribution in [2.75, 3.05) is 13.1 Å². The van der Waals surface area contributed by atoms with Crippen LogP contribution in [0, 0.1) is 0 Å². The Morgan fingerprint density at radius 2 is 1.94 bits per heavy atom. The quantitative estimate of drug-likeness (QED) is 0.641. The normalized spacial score (nSPS) is 14.4. The maximum absolute atomic E-state index is 10.7. The monoisotopic (exact) mass is 221 g/mol. The summed E-state index contributed by atoms with van der Waals surface area (Å²) in [6.45, 7) is 3.33. The van der Waals surface area contributed by atoms with E-state index < -0.39 is 11.9 Å². The van der Waals surface area contributed by atoms with Crippen molar-refractivity contribution in [2.45, 2.75) is 18.9 Å². The molecule has 0 saturated carbocycles. The summed E-state index contributed by atoms with van der Waals surface area (Å²) in [6, 6.07) is 9.58. The fraction of sp³-hybridized carbons (Fsp3) is 0.417. The molecule has 1 aromatic rings. The molecule has 1 amide bonds. The van der Waals surface area contributed by atoms with Crippen LogP contribution in [-0.2, 0) is 4.79 Å². The van der Waals surface area contributed by atoms with E-state index in [4.69, 9.17) is 11.5 Å². The summed E-state index contributed by atoms with van der Waals surface area (Å²) in [5.41, 5.74) is 11.8. The fourth-order valence-electron chi connectivity index (χ4n) is 1.46. The second-order valence-corrected chi connectivity index (χ2v) is 3.98. The minimum Gasteiger partial charge on any atom is -0.368 e. The van der Waals surface area contributed by atoms with Crippen LogP contribution in [0.4, 0.5) is 0 Å². The van der Waals surface area contributed by atoms with Crippen LogP contribution in [0.25, 0.3) is 0 Å². The van der Waals surface area contributed by atoms with E-state index in [0.29, 0.717) is 12.5 Å². The number of carbonyl (C=O) groups is 1. The van der Waals surface area contributed by atoms with E-state index in [-0.39, 0.29) is 0 Å². The third-order valence-corrected chi connectivity index (χ3v) is 2.55. The van der Waals surface area contributed by atoms with Crippen molar-refractivity contribution in [3.63, 3.8) is 0 Å². The molecule has 16 heavy (non-hydrogen) atoms. The van der Waals surface area contributed by atoms with Crippen LogP contribution in [-0.4, -0.2) is 25.0 Å². The number of primary amides is 1. The molecule has 0 aromatic heterocycles. The zero-order valence-corrected chi connectivity index (χ0v) is 9.52. The van der Waals surface area contributed by atoms with Crippen molar-refractivity contribution in [3.8, 4) is 0 Å². The van der Waals surface area contributed by atoms with Crippen molar-refractivity contribution in [1.82, 2.24) is 5.32 Å².